The minimum absolute atomic E-state index is 0.0569. The van der Waals surface area contributed by atoms with Crippen molar-refractivity contribution in [1.29, 1.82) is 0 Å². The third kappa shape index (κ3) is 3.95. The Labute approximate surface area is 199 Å². The highest BCUT2D eigenvalue weighted by Crippen LogP contribution is 2.43. The van der Waals surface area contributed by atoms with Crippen LogP contribution >= 0.6 is 0 Å². The molecule has 6 nitrogen and oxygen atoms in total. The maximum Gasteiger partial charge on any atom is 0.339 e. The summed E-state index contributed by atoms with van der Waals surface area (Å²) in [4.78, 5) is 27.9. The number of carbonyl (C=O) groups excluding carboxylic acids is 1. The van der Waals surface area contributed by atoms with E-state index in [9.17, 15) is 9.59 Å². The second-order valence-electron chi connectivity index (χ2n) is 9.95. The molecule has 0 aliphatic carbocycles. The zero-order valence-corrected chi connectivity index (χ0v) is 20.3. The summed E-state index contributed by atoms with van der Waals surface area (Å²) in [5, 5.41) is 0.790. The van der Waals surface area contributed by atoms with E-state index in [0.29, 0.717) is 42.2 Å². The average Bonchev–Trinajstić information content (AvgIpc) is 2.81. The van der Waals surface area contributed by atoms with Crippen LogP contribution in [0.1, 0.15) is 54.5 Å². The number of aryl methyl sites for hydroxylation is 2. The maximum atomic E-state index is 13.0. The number of methoxy groups -OCH3 is 1. The number of benzene rings is 2. The topological polar surface area (TPSA) is 69.0 Å². The van der Waals surface area contributed by atoms with Crippen LogP contribution in [-0.4, -0.2) is 30.1 Å². The first kappa shape index (κ1) is 22.5. The van der Waals surface area contributed by atoms with Crippen LogP contribution in [0, 0.1) is 6.92 Å². The molecule has 0 saturated carbocycles. The Hall–Kier alpha value is -3.28. The molecule has 0 spiro atoms. The van der Waals surface area contributed by atoms with Gasteiger partial charge in [0.05, 0.1) is 12.5 Å². The van der Waals surface area contributed by atoms with Crippen molar-refractivity contribution in [3.8, 4) is 11.5 Å². The molecule has 0 fully saturated rings. The van der Waals surface area contributed by atoms with Gasteiger partial charge in [-0.3, -0.25) is 4.79 Å². The predicted molar refractivity (Wildman–Crippen MR) is 131 cm³/mol. The van der Waals surface area contributed by atoms with E-state index in [4.69, 9.17) is 13.9 Å². The van der Waals surface area contributed by atoms with E-state index in [0.717, 1.165) is 35.8 Å². The van der Waals surface area contributed by atoms with E-state index in [1.807, 2.05) is 30.0 Å². The molecule has 3 heterocycles. The molecule has 3 aromatic rings. The van der Waals surface area contributed by atoms with Crippen LogP contribution in [0.25, 0.3) is 11.0 Å². The van der Waals surface area contributed by atoms with E-state index in [2.05, 4.69) is 26.0 Å². The Morgan fingerprint density at radius 1 is 1.18 bits per heavy atom. The van der Waals surface area contributed by atoms with Gasteiger partial charge in [-0.2, -0.15) is 0 Å². The molecule has 0 radical (unpaired) electrons. The molecule has 0 unspecified atom stereocenters. The first-order valence-electron chi connectivity index (χ1n) is 12.0. The van der Waals surface area contributed by atoms with Crippen LogP contribution in [0.5, 0.6) is 11.5 Å². The predicted octanol–water partition coefficient (Wildman–Crippen LogP) is 4.73. The van der Waals surface area contributed by atoms with Crippen LogP contribution in [-0.2, 0) is 30.6 Å². The smallest absolute Gasteiger partial charge is 0.339 e. The molecule has 2 aromatic carbocycles. The van der Waals surface area contributed by atoms with Gasteiger partial charge in [0.25, 0.3) is 0 Å². The molecule has 0 N–H and O–H groups in total. The minimum atomic E-state index is -0.387. The van der Waals surface area contributed by atoms with Crippen molar-refractivity contribution in [2.45, 2.75) is 65.0 Å². The van der Waals surface area contributed by atoms with Crippen molar-refractivity contribution in [2.24, 2.45) is 0 Å². The molecule has 2 aliphatic heterocycles. The molecular formula is C28H31NO5. The first-order chi connectivity index (χ1) is 16.3. The molecule has 1 amide bonds. The van der Waals surface area contributed by atoms with Crippen LogP contribution < -0.4 is 15.1 Å². The largest absolute Gasteiger partial charge is 0.496 e. The number of carbonyl (C=O) groups is 1. The summed E-state index contributed by atoms with van der Waals surface area (Å²) in [6.45, 7) is 7.34. The zero-order chi connectivity index (χ0) is 24.0. The Bertz CT molecular complexity index is 1340. The number of amides is 1. The van der Waals surface area contributed by atoms with Crippen LogP contribution in [0.2, 0.25) is 0 Å². The second-order valence-corrected chi connectivity index (χ2v) is 9.95. The van der Waals surface area contributed by atoms with Crippen molar-refractivity contribution < 1.29 is 18.7 Å². The van der Waals surface area contributed by atoms with Crippen molar-refractivity contribution >= 4 is 16.9 Å². The zero-order valence-electron chi connectivity index (χ0n) is 20.3. The van der Waals surface area contributed by atoms with Gasteiger partial charge in [0.2, 0.25) is 5.91 Å². The summed E-state index contributed by atoms with van der Waals surface area (Å²) in [7, 11) is 1.61. The first-order valence-corrected chi connectivity index (χ1v) is 12.0. The van der Waals surface area contributed by atoms with Gasteiger partial charge < -0.3 is 18.8 Å². The molecule has 5 rings (SSSR count). The summed E-state index contributed by atoms with van der Waals surface area (Å²) >= 11 is 0. The second kappa shape index (κ2) is 8.49. The van der Waals surface area contributed by atoms with E-state index in [-0.39, 0.29) is 23.6 Å². The Kier molecular flexibility index (Phi) is 5.62. The summed E-state index contributed by atoms with van der Waals surface area (Å²) in [6, 6.07) is 10.1. The van der Waals surface area contributed by atoms with Crippen molar-refractivity contribution in [1.82, 2.24) is 4.90 Å². The molecule has 0 atom stereocenters. The fraction of sp³-hybridized carbons (Fsp3) is 0.429. The minimum Gasteiger partial charge on any atom is -0.496 e. The molecule has 178 valence electrons. The van der Waals surface area contributed by atoms with Gasteiger partial charge in [0, 0.05) is 36.7 Å². The van der Waals surface area contributed by atoms with Crippen molar-refractivity contribution in [2.75, 3.05) is 13.7 Å². The lowest BCUT2D eigenvalue weighted by Crippen LogP contribution is -2.36. The third-order valence-corrected chi connectivity index (χ3v) is 7.23. The number of fused-ring (bicyclic) bond motifs is 4. The highest BCUT2D eigenvalue weighted by atomic mass is 16.5. The Balaban J connectivity index is 1.43. The van der Waals surface area contributed by atoms with E-state index < -0.39 is 0 Å². The number of nitrogens with zero attached hydrogens (tertiary/aromatic N) is 1. The van der Waals surface area contributed by atoms with Crippen molar-refractivity contribution in [3.05, 3.63) is 68.6 Å². The lowest BCUT2D eigenvalue weighted by molar-refractivity contribution is -0.132. The van der Waals surface area contributed by atoms with Crippen LogP contribution in [0.3, 0.4) is 0 Å². The van der Waals surface area contributed by atoms with Crippen LogP contribution in [0.15, 0.2) is 39.5 Å². The summed E-state index contributed by atoms with van der Waals surface area (Å²) in [5.74, 6) is 1.38. The maximum absolute atomic E-state index is 13.0. The summed E-state index contributed by atoms with van der Waals surface area (Å²) in [5.41, 5.74) is 4.63. The standard InChI is InChI=1S/C28H31NO5/c1-17-20(9-10-24(30)29-14-12-18-7-5-6-8-19(18)16-29)27(31)33-26-21-11-13-28(2,3)34-22(21)15-23(32-4)25(17)26/h5-8,15H,9-14,16H2,1-4H3. The fourth-order valence-corrected chi connectivity index (χ4v) is 5.23. The monoisotopic (exact) mass is 461 g/mol. The highest BCUT2D eigenvalue weighted by molar-refractivity contribution is 5.92. The van der Waals surface area contributed by atoms with Gasteiger partial charge in [-0.1, -0.05) is 24.3 Å². The van der Waals surface area contributed by atoms with E-state index >= 15 is 0 Å². The molecule has 34 heavy (non-hydrogen) atoms. The summed E-state index contributed by atoms with van der Waals surface area (Å²) in [6.07, 6.45) is 3.06. The van der Waals surface area contributed by atoms with E-state index in [1.54, 1.807) is 7.11 Å². The van der Waals surface area contributed by atoms with Gasteiger partial charge in [-0.15, -0.1) is 0 Å². The molecule has 0 saturated heterocycles. The number of hydrogen-bond donors (Lipinski definition) is 0. The lowest BCUT2D eigenvalue weighted by Gasteiger charge is -2.33. The number of hydrogen-bond acceptors (Lipinski definition) is 5. The molecule has 2 aliphatic rings. The lowest BCUT2D eigenvalue weighted by atomic mass is 9.91. The van der Waals surface area contributed by atoms with E-state index in [1.165, 1.54) is 11.1 Å². The summed E-state index contributed by atoms with van der Waals surface area (Å²) < 4.78 is 17.7. The SMILES string of the molecule is COc1cc2c(c3oc(=O)c(CCC(=O)N4CCc5ccccc5C4)c(C)c13)CCC(C)(C)O2. The normalized spacial score (nSPS) is 16.5. The molecule has 1 aromatic heterocycles. The van der Waals surface area contributed by atoms with Crippen LogP contribution in [0.4, 0.5) is 0 Å². The highest BCUT2D eigenvalue weighted by Gasteiger charge is 2.31. The Morgan fingerprint density at radius 3 is 2.71 bits per heavy atom. The fourth-order valence-electron chi connectivity index (χ4n) is 5.23. The average molecular weight is 462 g/mol. The van der Waals surface area contributed by atoms with Gasteiger partial charge in [-0.25, -0.2) is 4.79 Å². The van der Waals surface area contributed by atoms with Gasteiger partial charge in [0.1, 0.15) is 22.7 Å². The molecule has 0 bridgehead atoms. The third-order valence-electron chi connectivity index (χ3n) is 7.23. The quantitative estimate of drug-likeness (QED) is 0.526. The number of ether oxygens (including phenoxy) is 2. The number of rotatable bonds is 4. The van der Waals surface area contributed by atoms with Gasteiger partial charge >= 0.3 is 5.63 Å². The molecule has 6 heteroatoms. The van der Waals surface area contributed by atoms with Gasteiger partial charge in [-0.05, 0) is 63.1 Å². The van der Waals surface area contributed by atoms with Gasteiger partial charge in [0.15, 0.2) is 0 Å². The molecular weight excluding hydrogens is 430 g/mol. The Morgan fingerprint density at radius 2 is 1.94 bits per heavy atom. The van der Waals surface area contributed by atoms with Crippen molar-refractivity contribution in [3.63, 3.8) is 0 Å².